The number of carbonyl (C=O) groups excluding carboxylic acids is 2. The Labute approximate surface area is 133 Å². The van der Waals surface area contributed by atoms with Crippen LogP contribution in [0.5, 0.6) is 0 Å². The first-order valence-electron chi connectivity index (χ1n) is 7.06. The molecule has 0 N–H and O–H groups in total. The summed E-state index contributed by atoms with van der Waals surface area (Å²) in [6.45, 7) is 7.23. The Morgan fingerprint density at radius 2 is 2.00 bits per heavy atom. The molecule has 0 amide bonds. The van der Waals surface area contributed by atoms with Gasteiger partial charge in [-0.25, -0.2) is 19.3 Å². The van der Waals surface area contributed by atoms with Crippen molar-refractivity contribution in [3.63, 3.8) is 0 Å². The summed E-state index contributed by atoms with van der Waals surface area (Å²) in [6.07, 6.45) is 1.49. The van der Waals surface area contributed by atoms with Gasteiger partial charge < -0.3 is 9.47 Å². The number of aromatic nitrogens is 3. The number of rotatable bonds is 6. The van der Waals surface area contributed by atoms with Gasteiger partial charge in [0.1, 0.15) is 12.4 Å². The molecule has 7 nitrogen and oxygen atoms in total. The van der Waals surface area contributed by atoms with Crippen LogP contribution in [-0.4, -0.2) is 39.9 Å². The van der Waals surface area contributed by atoms with E-state index in [4.69, 9.17) is 9.47 Å². The average Bonchev–Trinajstić information content (AvgIpc) is 2.94. The summed E-state index contributed by atoms with van der Waals surface area (Å²) in [5.74, 6) is -0.718. The standard InChI is InChI=1S/C16H17N3O4/c1-4-10-23-15(20)12-8-6-7-9-13(12)19-11(3)17-14(18-19)16(21)22-5-2/h4,6-9H,1,5,10H2,2-3H3. The first-order valence-corrected chi connectivity index (χ1v) is 7.06. The molecule has 23 heavy (non-hydrogen) atoms. The summed E-state index contributed by atoms with van der Waals surface area (Å²) >= 11 is 0. The van der Waals surface area contributed by atoms with Crippen LogP contribution in [0.1, 0.15) is 33.7 Å². The number of benzene rings is 1. The van der Waals surface area contributed by atoms with Gasteiger partial charge in [-0.2, -0.15) is 0 Å². The van der Waals surface area contributed by atoms with Crippen molar-refractivity contribution in [1.82, 2.24) is 14.8 Å². The van der Waals surface area contributed by atoms with Gasteiger partial charge in [0.25, 0.3) is 5.82 Å². The fraction of sp³-hybridized carbons (Fsp3) is 0.250. The maximum Gasteiger partial charge on any atom is 0.378 e. The fourth-order valence-electron chi connectivity index (χ4n) is 1.94. The second-order valence-corrected chi connectivity index (χ2v) is 4.52. The van der Waals surface area contributed by atoms with Crippen LogP contribution >= 0.6 is 0 Å². The van der Waals surface area contributed by atoms with E-state index in [1.807, 2.05) is 0 Å². The second kappa shape index (κ2) is 7.35. The Morgan fingerprint density at radius 3 is 2.70 bits per heavy atom. The lowest BCUT2D eigenvalue weighted by Gasteiger charge is -2.09. The molecular weight excluding hydrogens is 298 g/mol. The summed E-state index contributed by atoms with van der Waals surface area (Å²) in [7, 11) is 0. The zero-order chi connectivity index (χ0) is 16.8. The van der Waals surface area contributed by atoms with Gasteiger partial charge in [0.15, 0.2) is 0 Å². The summed E-state index contributed by atoms with van der Waals surface area (Å²) in [5, 5.41) is 4.12. The molecule has 2 rings (SSSR count). The van der Waals surface area contributed by atoms with Gasteiger partial charge in [-0.05, 0) is 26.0 Å². The minimum Gasteiger partial charge on any atom is -0.460 e. The van der Waals surface area contributed by atoms with Crippen molar-refractivity contribution in [1.29, 1.82) is 0 Å². The monoisotopic (exact) mass is 315 g/mol. The van der Waals surface area contributed by atoms with Crippen LogP contribution in [0, 0.1) is 6.92 Å². The number of esters is 2. The van der Waals surface area contributed by atoms with E-state index < -0.39 is 11.9 Å². The van der Waals surface area contributed by atoms with Crippen molar-refractivity contribution in [2.75, 3.05) is 13.2 Å². The van der Waals surface area contributed by atoms with E-state index in [2.05, 4.69) is 16.7 Å². The van der Waals surface area contributed by atoms with Crippen molar-refractivity contribution in [2.24, 2.45) is 0 Å². The average molecular weight is 315 g/mol. The maximum absolute atomic E-state index is 12.1. The van der Waals surface area contributed by atoms with Gasteiger partial charge in [0.2, 0.25) is 0 Å². The smallest absolute Gasteiger partial charge is 0.378 e. The molecule has 0 fully saturated rings. The number of aryl methyl sites for hydroxylation is 1. The summed E-state index contributed by atoms with van der Waals surface area (Å²) in [4.78, 5) is 27.9. The molecule has 0 saturated heterocycles. The van der Waals surface area contributed by atoms with Gasteiger partial charge >= 0.3 is 11.9 Å². The minimum absolute atomic E-state index is 0.0568. The SMILES string of the molecule is C=CCOC(=O)c1ccccc1-n1nc(C(=O)OCC)nc1C. The highest BCUT2D eigenvalue weighted by molar-refractivity contribution is 5.93. The Balaban J connectivity index is 2.41. The highest BCUT2D eigenvalue weighted by atomic mass is 16.5. The van der Waals surface area contributed by atoms with E-state index in [1.54, 1.807) is 38.1 Å². The van der Waals surface area contributed by atoms with Crippen LogP contribution in [0.3, 0.4) is 0 Å². The molecule has 7 heteroatoms. The molecule has 0 aliphatic heterocycles. The molecule has 0 atom stereocenters. The molecule has 0 radical (unpaired) electrons. The lowest BCUT2D eigenvalue weighted by atomic mass is 10.2. The van der Waals surface area contributed by atoms with Gasteiger partial charge in [-0.15, -0.1) is 5.10 Å². The van der Waals surface area contributed by atoms with Crippen LogP contribution in [-0.2, 0) is 9.47 Å². The third-order valence-electron chi connectivity index (χ3n) is 2.91. The van der Waals surface area contributed by atoms with Gasteiger partial charge in [0, 0.05) is 0 Å². The van der Waals surface area contributed by atoms with E-state index in [9.17, 15) is 9.59 Å². The number of carbonyl (C=O) groups is 2. The van der Waals surface area contributed by atoms with E-state index in [0.29, 0.717) is 17.1 Å². The largest absolute Gasteiger partial charge is 0.460 e. The Morgan fingerprint density at radius 1 is 1.26 bits per heavy atom. The third-order valence-corrected chi connectivity index (χ3v) is 2.91. The number of para-hydroxylation sites is 1. The van der Waals surface area contributed by atoms with Crippen LogP contribution < -0.4 is 0 Å². The molecule has 1 heterocycles. The van der Waals surface area contributed by atoms with Gasteiger partial charge in [-0.1, -0.05) is 24.8 Å². The van der Waals surface area contributed by atoms with Crippen molar-refractivity contribution < 1.29 is 19.1 Å². The number of hydrogen-bond donors (Lipinski definition) is 0. The molecular formula is C16H17N3O4. The van der Waals surface area contributed by atoms with Crippen LogP contribution in [0.2, 0.25) is 0 Å². The van der Waals surface area contributed by atoms with Gasteiger partial charge in [-0.3, -0.25) is 0 Å². The van der Waals surface area contributed by atoms with Gasteiger partial charge in [0.05, 0.1) is 17.9 Å². The fourth-order valence-corrected chi connectivity index (χ4v) is 1.94. The van der Waals surface area contributed by atoms with Crippen LogP contribution in [0.15, 0.2) is 36.9 Å². The van der Waals surface area contributed by atoms with Crippen LogP contribution in [0.25, 0.3) is 5.69 Å². The molecule has 2 aromatic rings. The Hall–Kier alpha value is -2.96. The molecule has 1 aromatic carbocycles. The molecule has 0 aliphatic rings. The molecule has 0 saturated carbocycles. The van der Waals surface area contributed by atoms with E-state index in [1.165, 1.54) is 10.8 Å². The first-order chi connectivity index (χ1) is 11.1. The highest BCUT2D eigenvalue weighted by Crippen LogP contribution is 2.17. The van der Waals surface area contributed by atoms with Crippen molar-refractivity contribution in [3.05, 3.63) is 54.1 Å². The second-order valence-electron chi connectivity index (χ2n) is 4.52. The normalized spacial score (nSPS) is 10.2. The van der Waals surface area contributed by atoms with E-state index >= 15 is 0 Å². The molecule has 120 valence electrons. The lowest BCUT2D eigenvalue weighted by Crippen LogP contribution is -2.12. The minimum atomic E-state index is -0.610. The summed E-state index contributed by atoms with van der Waals surface area (Å²) in [6, 6.07) is 6.78. The zero-order valence-corrected chi connectivity index (χ0v) is 13.0. The predicted octanol–water partition coefficient (Wildman–Crippen LogP) is 2.10. The van der Waals surface area contributed by atoms with Crippen molar-refractivity contribution in [3.8, 4) is 5.69 Å². The zero-order valence-electron chi connectivity index (χ0n) is 13.0. The third kappa shape index (κ3) is 3.63. The topological polar surface area (TPSA) is 83.3 Å². The number of ether oxygens (including phenoxy) is 2. The van der Waals surface area contributed by atoms with E-state index in [0.717, 1.165) is 0 Å². The number of nitrogens with zero attached hydrogens (tertiary/aromatic N) is 3. The Kier molecular flexibility index (Phi) is 5.24. The number of hydrogen-bond acceptors (Lipinski definition) is 6. The highest BCUT2D eigenvalue weighted by Gasteiger charge is 2.20. The van der Waals surface area contributed by atoms with E-state index in [-0.39, 0.29) is 19.0 Å². The Bertz CT molecular complexity index is 737. The predicted molar refractivity (Wildman–Crippen MR) is 82.5 cm³/mol. The molecule has 0 bridgehead atoms. The van der Waals surface area contributed by atoms with Crippen molar-refractivity contribution in [2.45, 2.75) is 13.8 Å². The first kappa shape index (κ1) is 16.4. The summed E-state index contributed by atoms with van der Waals surface area (Å²) < 4.78 is 11.4. The quantitative estimate of drug-likeness (QED) is 0.599. The van der Waals surface area contributed by atoms with Crippen LogP contribution in [0.4, 0.5) is 0 Å². The molecule has 0 aliphatic carbocycles. The van der Waals surface area contributed by atoms with Crippen molar-refractivity contribution >= 4 is 11.9 Å². The molecule has 0 spiro atoms. The molecule has 1 aromatic heterocycles. The maximum atomic E-state index is 12.1. The molecule has 0 unspecified atom stereocenters. The lowest BCUT2D eigenvalue weighted by molar-refractivity contribution is 0.0510. The summed E-state index contributed by atoms with van der Waals surface area (Å²) in [5.41, 5.74) is 0.792.